The van der Waals surface area contributed by atoms with Crippen LogP contribution in [0.25, 0.3) is 11.4 Å². The summed E-state index contributed by atoms with van der Waals surface area (Å²) in [7, 11) is 0. The van der Waals surface area contributed by atoms with Crippen LogP contribution >= 0.6 is 11.6 Å². The van der Waals surface area contributed by atoms with Gasteiger partial charge in [-0.15, -0.1) is 0 Å². The molecule has 1 unspecified atom stereocenters. The molecule has 2 aromatic heterocycles. The van der Waals surface area contributed by atoms with Crippen molar-refractivity contribution in [2.24, 2.45) is 5.92 Å². The summed E-state index contributed by atoms with van der Waals surface area (Å²) in [4.78, 5) is 28.1. The maximum absolute atomic E-state index is 13.8. The molecule has 6 nitrogen and oxygen atoms in total. The van der Waals surface area contributed by atoms with E-state index in [0.29, 0.717) is 46.8 Å². The third kappa shape index (κ3) is 6.08. The number of anilines is 1. The van der Waals surface area contributed by atoms with Crippen LogP contribution in [0.3, 0.4) is 0 Å². The van der Waals surface area contributed by atoms with Crippen molar-refractivity contribution < 1.29 is 18.0 Å². The van der Waals surface area contributed by atoms with Gasteiger partial charge in [0.15, 0.2) is 5.82 Å². The van der Waals surface area contributed by atoms with Crippen LogP contribution in [0.2, 0.25) is 5.02 Å². The van der Waals surface area contributed by atoms with Gasteiger partial charge in [0.25, 0.3) is 5.91 Å². The van der Waals surface area contributed by atoms with Crippen molar-refractivity contribution in [2.45, 2.75) is 38.4 Å². The Balaban J connectivity index is 1.58. The molecule has 1 aliphatic heterocycles. The highest BCUT2D eigenvalue weighted by Crippen LogP contribution is 2.30. The highest BCUT2D eigenvalue weighted by Gasteiger charge is 2.32. The van der Waals surface area contributed by atoms with Crippen molar-refractivity contribution in [2.75, 3.05) is 18.4 Å². The summed E-state index contributed by atoms with van der Waals surface area (Å²) in [5.41, 5.74) is 0.198. The van der Waals surface area contributed by atoms with E-state index in [2.05, 4.69) is 27.2 Å². The van der Waals surface area contributed by atoms with Gasteiger partial charge < -0.3 is 10.2 Å². The van der Waals surface area contributed by atoms with Crippen LogP contribution in [0.1, 0.15) is 42.1 Å². The molecule has 4 rings (SSSR count). The fourth-order valence-corrected chi connectivity index (χ4v) is 4.34. The summed E-state index contributed by atoms with van der Waals surface area (Å²) in [5, 5.41) is 3.54. The predicted octanol–water partition coefficient (Wildman–Crippen LogP) is 5.95. The Hall–Kier alpha value is -3.20. The van der Waals surface area contributed by atoms with Gasteiger partial charge >= 0.3 is 6.18 Å². The van der Waals surface area contributed by atoms with Gasteiger partial charge in [0.05, 0.1) is 11.1 Å². The number of alkyl halides is 3. The fraction of sp³-hybridized carbons (Fsp3) is 0.360. The number of aromatic nitrogens is 3. The van der Waals surface area contributed by atoms with Gasteiger partial charge in [0.1, 0.15) is 5.82 Å². The molecular weight excluding hydrogens is 479 g/mol. The first-order valence-electron chi connectivity index (χ1n) is 11.4. The molecule has 1 fully saturated rings. The predicted molar refractivity (Wildman–Crippen MR) is 128 cm³/mol. The molecule has 1 aromatic carbocycles. The smallest absolute Gasteiger partial charge is 0.368 e. The first kappa shape index (κ1) is 24.9. The lowest BCUT2D eigenvalue weighted by Gasteiger charge is -2.31. The normalized spacial score (nSPS) is 18.7. The highest BCUT2D eigenvalue weighted by atomic mass is 35.5. The van der Waals surface area contributed by atoms with E-state index < -0.39 is 11.7 Å². The van der Waals surface area contributed by atoms with E-state index in [0.717, 1.165) is 31.5 Å². The minimum atomic E-state index is -4.44. The van der Waals surface area contributed by atoms with Crippen LogP contribution < -0.4 is 5.32 Å². The number of halogens is 4. The Morgan fingerprint density at radius 1 is 1.11 bits per heavy atom. The summed E-state index contributed by atoms with van der Waals surface area (Å²) < 4.78 is 38.5. The van der Waals surface area contributed by atoms with Crippen molar-refractivity contribution in [3.63, 3.8) is 0 Å². The van der Waals surface area contributed by atoms with Gasteiger partial charge in [-0.3, -0.25) is 4.79 Å². The number of carbonyl (C=O) groups excluding carboxylic acids is 1. The second-order valence-electron chi connectivity index (χ2n) is 8.70. The van der Waals surface area contributed by atoms with Crippen LogP contribution in [0.5, 0.6) is 0 Å². The molecule has 0 bridgehead atoms. The number of hydrogen-bond acceptors (Lipinski definition) is 5. The summed E-state index contributed by atoms with van der Waals surface area (Å²) >= 11 is 6.25. The number of rotatable bonds is 5. The average Bonchev–Trinajstić information content (AvgIpc) is 3.03. The highest BCUT2D eigenvalue weighted by molar-refractivity contribution is 6.31. The van der Waals surface area contributed by atoms with E-state index in [-0.39, 0.29) is 11.9 Å². The lowest BCUT2D eigenvalue weighted by molar-refractivity contribution is -0.137. The lowest BCUT2D eigenvalue weighted by Crippen LogP contribution is -2.44. The maximum atomic E-state index is 13.8. The zero-order valence-electron chi connectivity index (χ0n) is 19.1. The fourth-order valence-electron chi connectivity index (χ4n) is 4.17. The van der Waals surface area contributed by atoms with E-state index in [1.165, 1.54) is 6.07 Å². The molecule has 1 amide bonds. The molecule has 3 heterocycles. The molecule has 0 saturated carbocycles. The molecule has 0 radical (unpaired) electrons. The largest absolute Gasteiger partial charge is 0.417 e. The molecule has 1 saturated heterocycles. The number of nitrogens with one attached hydrogen (secondary N) is 1. The van der Waals surface area contributed by atoms with Gasteiger partial charge in [-0.2, -0.15) is 13.2 Å². The van der Waals surface area contributed by atoms with Crippen molar-refractivity contribution >= 4 is 23.3 Å². The Bertz CT molecular complexity index is 1160. The first-order chi connectivity index (χ1) is 16.7. The first-order valence-corrected chi connectivity index (χ1v) is 11.7. The van der Waals surface area contributed by atoms with Gasteiger partial charge in [-0.1, -0.05) is 18.5 Å². The standard InChI is InChI=1S/C25H25ClF3N5O/c1-16-3-6-19(15-33-22-8-4-17(14-32-22)25(27,28)29)34(12-9-16)24(35)21-13-18(26)5-7-20(21)23-30-10-2-11-31-23/h2,4-5,7-8,10-11,13-14,16,19H,3,6,9,12,15H2,1H3,(H,32,33)/t16?,19-/m0/s1. The zero-order chi connectivity index (χ0) is 25.0. The summed E-state index contributed by atoms with van der Waals surface area (Å²) in [5.74, 6) is 1.01. The number of amides is 1. The van der Waals surface area contributed by atoms with Crippen LogP contribution in [0, 0.1) is 5.92 Å². The van der Waals surface area contributed by atoms with Crippen molar-refractivity contribution in [3.8, 4) is 11.4 Å². The number of benzene rings is 1. The van der Waals surface area contributed by atoms with E-state index >= 15 is 0 Å². The van der Waals surface area contributed by atoms with Gasteiger partial charge in [0.2, 0.25) is 0 Å². The summed E-state index contributed by atoms with van der Waals surface area (Å²) in [6, 6.07) is 8.89. The van der Waals surface area contributed by atoms with Crippen molar-refractivity contribution in [3.05, 3.63) is 71.1 Å². The molecule has 184 valence electrons. The Morgan fingerprint density at radius 2 is 1.89 bits per heavy atom. The molecule has 0 spiro atoms. The third-order valence-electron chi connectivity index (χ3n) is 6.19. The number of carbonyl (C=O) groups is 1. The number of nitrogens with zero attached hydrogens (tertiary/aromatic N) is 4. The van der Waals surface area contributed by atoms with Crippen LogP contribution in [0.15, 0.2) is 55.0 Å². The third-order valence-corrected chi connectivity index (χ3v) is 6.42. The van der Waals surface area contributed by atoms with Gasteiger partial charge in [-0.25, -0.2) is 15.0 Å². The summed E-state index contributed by atoms with van der Waals surface area (Å²) in [6.07, 6.45) is 2.12. The number of likely N-dealkylation sites (tertiary alicyclic amines) is 1. The molecule has 35 heavy (non-hydrogen) atoms. The minimum absolute atomic E-state index is 0.180. The Morgan fingerprint density at radius 3 is 2.57 bits per heavy atom. The van der Waals surface area contributed by atoms with Crippen molar-refractivity contribution in [1.82, 2.24) is 19.9 Å². The summed E-state index contributed by atoms with van der Waals surface area (Å²) in [6.45, 7) is 3.06. The monoisotopic (exact) mass is 503 g/mol. The molecule has 10 heteroatoms. The Kier molecular flexibility index (Phi) is 7.54. The van der Waals surface area contributed by atoms with Crippen molar-refractivity contribution in [1.29, 1.82) is 0 Å². The number of hydrogen-bond donors (Lipinski definition) is 1. The zero-order valence-corrected chi connectivity index (χ0v) is 19.9. The van der Waals surface area contributed by atoms with Crippen LogP contribution in [-0.4, -0.2) is 44.9 Å². The van der Waals surface area contributed by atoms with E-state index in [1.807, 2.05) is 4.90 Å². The molecular formula is C25H25ClF3N5O. The molecule has 2 atom stereocenters. The lowest BCUT2D eigenvalue weighted by atomic mass is 10.0. The second kappa shape index (κ2) is 10.6. The average molecular weight is 504 g/mol. The second-order valence-corrected chi connectivity index (χ2v) is 9.13. The van der Waals surface area contributed by atoms with Gasteiger partial charge in [-0.05, 0) is 61.6 Å². The van der Waals surface area contributed by atoms with Crippen LogP contribution in [0.4, 0.5) is 19.0 Å². The molecule has 1 N–H and O–H groups in total. The Labute approximate surface area is 206 Å². The van der Waals surface area contributed by atoms with E-state index in [4.69, 9.17) is 11.6 Å². The minimum Gasteiger partial charge on any atom is -0.368 e. The van der Waals surface area contributed by atoms with Crippen LogP contribution in [-0.2, 0) is 6.18 Å². The topological polar surface area (TPSA) is 71.0 Å². The quantitative estimate of drug-likeness (QED) is 0.465. The molecule has 0 aliphatic carbocycles. The van der Waals surface area contributed by atoms with Gasteiger partial charge in [0, 0.05) is 48.3 Å². The molecule has 1 aliphatic rings. The SMILES string of the molecule is CC1CC[C@@H](CNc2ccc(C(F)(F)F)cn2)N(C(=O)c2cc(Cl)ccc2-c2ncccn2)CC1. The van der Waals surface area contributed by atoms with E-state index in [1.54, 1.807) is 36.7 Å². The molecule has 3 aromatic rings. The number of pyridine rings is 1. The maximum Gasteiger partial charge on any atom is 0.417 e. The van der Waals surface area contributed by atoms with E-state index in [9.17, 15) is 18.0 Å².